The Hall–Kier alpha value is -5.62. The van der Waals surface area contributed by atoms with Gasteiger partial charge >= 0.3 is 29.8 Å². The molecule has 3 aliphatic rings. The van der Waals surface area contributed by atoms with Crippen molar-refractivity contribution in [2.75, 3.05) is 0 Å². The molecule has 300 valence electrons. The topological polar surface area (TPSA) is 169 Å². The molecule has 0 saturated heterocycles. The third kappa shape index (κ3) is 7.15. The summed E-state index contributed by atoms with van der Waals surface area (Å²) >= 11 is 0. The van der Waals surface area contributed by atoms with Crippen molar-refractivity contribution in [2.45, 2.75) is 90.5 Å². The molecular weight excluding hydrogens is 732 g/mol. The Morgan fingerprint density at radius 3 is 1.54 bits per heavy atom. The van der Waals surface area contributed by atoms with Crippen molar-refractivity contribution in [1.82, 2.24) is 0 Å². The number of fused-ring (bicyclic) bond motifs is 3. The maximum atomic E-state index is 15.0. The second kappa shape index (κ2) is 15.4. The Labute approximate surface area is 331 Å². The van der Waals surface area contributed by atoms with E-state index in [1.807, 2.05) is 0 Å². The van der Waals surface area contributed by atoms with Crippen molar-refractivity contribution in [2.24, 2.45) is 28.1 Å². The molecule has 10 atom stereocenters. The van der Waals surface area contributed by atoms with Crippen LogP contribution < -0.4 is 0 Å². The maximum Gasteiger partial charge on any atom is 0.338 e. The van der Waals surface area contributed by atoms with E-state index in [4.69, 9.17) is 23.7 Å². The number of rotatable bonds is 9. The fourth-order valence-corrected chi connectivity index (χ4v) is 9.86. The number of ketones is 1. The third-order valence-electron chi connectivity index (χ3n) is 12.4. The zero-order valence-corrected chi connectivity index (χ0v) is 32.8. The fourth-order valence-electron chi connectivity index (χ4n) is 9.86. The van der Waals surface area contributed by atoms with Crippen LogP contribution in [0.25, 0.3) is 0 Å². The van der Waals surface area contributed by atoms with E-state index in [-0.39, 0.29) is 29.5 Å². The van der Waals surface area contributed by atoms with Crippen molar-refractivity contribution in [3.05, 3.63) is 120 Å². The molecule has 12 heteroatoms. The van der Waals surface area contributed by atoms with Crippen LogP contribution in [0.5, 0.6) is 0 Å². The highest BCUT2D eigenvalue weighted by Crippen LogP contribution is 2.68. The predicted molar refractivity (Wildman–Crippen MR) is 204 cm³/mol. The molecule has 0 heterocycles. The average molecular weight is 781 g/mol. The van der Waals surface area contributed by atoms with Gasteiger partial charge in [-0.3, -0.25) is 14.4 Å². The van der Waals surface area contributed by atoms with Gasteiger partial charge < -0.3 is 28.8 Å². The molecule has 0 aromatic heterocycles. The van der Waals surface area contributed by atoms with Crippen LogP contribution in [0.15, 0.2) is 104 Å². The summed E-state index contributed by atoms with van der Waals surface area (Å²) in [5.74, 6) is -7.03. The monoisotopic (exact) mass is 780 g/mol. The van der Waals surface area contributed by atoms with Crippen LogP contribution >= 0.6 is 0 Å². The van der Waals surface area contributed by atoms with Crippen LogP contribution in [0.4, 0.5) is 0 Å². The van der Waals surface area contributed by atoms with E-state index >= 15 is 0 Å². The number of benzene rings is 3. The number of esters is 5. The second-order valence-corrected chi connectivity index (χ2v) is 16.3. The first-order valence-electron chi connectivity index (χ1n) is 18.9. The first kappa shape index (κ1) is 41.0. The molecule has 12 nitrogen and oxygen atoms in total. The minimum atomic E-state index is -2.58. The highest BCUT2D eigenvalue weighted by atomic mass is 16.6. The molecule has 3 aliphatic carbocycles. The Morgan fingerprint density at radius 1 is 0.667 bits per heavy atom. The number of carbonyl (C=O) groups excluding carboxylic acids is 6. The van der Waals surface area contributed by atoms with E-state index in [2.05, 4.69) is 6.58 Å². The van der Waals surface area contributed by atoms with Gasteiger partial charge in [-0.15, -0.1) is 6.58 Å². The molecule has 3 fully saturated rings. The molecule has 0 amide bonds. The quantitative estimate of drug-likeness (QED) is 0.151. The van der Waals surface area contributed by atoms with Gasteiger partial charge in [-0.25, -0.2) is 14.4 Å². The maximum absolute atomic E-state index is 15.0. The molecule has 6 rings (SSSR count). The Balaban J connectivity index is 1.62. The van der Waals surface area contributed by atoms with Gasteiger partial charge in [0.05, 0.1) is 22.1 Å². The van der Waals surface area contributed by atoms with Gasteiger partial charge in [-0.05, 0) is 55.7 Å². The van der Waals surface area contributed by atoms with Crippen molar-refractivity contribution in [3.8, 4) is 0 Å². The van der Waals surface area contributed by atoms with Gasteiger partial charge in [0.15, 0.2) is 17.5 Å². The van der Waals surface area contributed by atoms with Crippen molar-refractivity contribution in [1.29, 1.82) is 0 Å². The lowest BCUT2D eigenvalue weighted by Crippen LogP contribution is -2.81. The molecule has 0 aliphatic heterocycles. The van der Waals surface area contributed by atoms with E-state index in [1.165, 1.54) is 18.2 Å². The highest BCUT2D eigenvalue weighted by Gasteiger charge is 2.79. The van der Waals surface area contributed by atoms with E-state index in [1.54, 1.807) is 107 Å². The molecule has 3 saturated carbocycles. The van der Waals surface area contributed by atoms with Crippen LogP contribution in [0.1, 0.15) is 85.5 Å². The minimum absolute atomic E-state index is 0.136. The van der Waals surface area contributed by atoms with Gasteiger partial charge in [0, 0.05) is 37.0 Å². The summed E-state index contributed by atoms with van der Waals surface area (Å²) in [4.78, 5) is 83.0. The van der Waals surface area contributed by atoms with Crippen molar-refractivity contribution >= 4 is 35.6 Å². The molecule has 3 aromatic carbocycles. The summed E-state index contributed by atoms with van der Waals surface area (Å²) in [7, 11) is 0. The van der Waals surface area contributed by atoms with Crippen LogP contribution in [-0.2, 0) is 38.1 Å². The van der Waals surface area contributed by atoms with Gasteiger partial charge in [-0.2, -0.15) is 0 Å². The summed E-state index contributed by atoms with van der Waals surface area (Å²) in [5.41, 5.74) is -6.45. The van der Waals surface area contributed by atoms with Gasteiger partial charge in [0.2, 0.25) is 0 Å². The van der Waals surface area contributed by atoms with Crippen LogP contribution in [0, 0.1) is 28.1 Å². The first-order chi connectivity index (χ1) is 26.9. The number of Topliss-reactive ketones (excluding diaryl/α,β-unsaturated/α-hetero) is 1. The number of aliphatic hydroxyl groups is 1. The summed E-state index contributed by atoms with van der Waals surface area (Å²) in [5, 5.41) is 13.3. The minimum Gasteiger partial charge on any atom is -0.459 e. The molecule has 0 unspecified atom stereocenters. The zero-order chi connectivity index (χ0) is 41.5. The standard InChI is InChI=1S/C45H48O12/c1-8-43(6)25-31(55-38(48)28-18-12-9-13-19-28)35-44(7)32(24-33(53-26(2)46)45(35,52)41(43)51)42(4,5)36(56-39(49)29-20-14-10-15-21-29)34(54-27(3)47)37(44)57-40(50)30-22-16-11-17-23-30/h8-23,31-37,52H,1,24-25H2,2-7H3/t31-,32+,33-,34+,35-,36-,37+,43+,44+,45+/m1/s1. The predicted octanol–water partition coefficient (Wildman–Crippen LogP) is 6.11. The number of allylic oxidation sites excluding steroid dienone is 1. The molecule has 1 N–H and O–H groups in total. The smallest absolute Gasteiger partial charge is 0.338 e. The van der Waals surface area contributed by atoms with Crippen molar-refractivity contribution in [3.63, 3.8) is 0 Å². The van der Waals surface area contributed by atoms with E-state index < -0.39 is 99.8 Å². The molecule has 3 aromatic rings. The Kier molecular flexibility index (Phi) is 11.1. The van der Waals surface area contributed by atoms with Crippen molar-refractivity contribution < 1.29 is 57.6 Å². The van der Waals surface area contributed by atoms with E-state index in [0.717, 1.165) is 13.8 Å². The first-order valence-corrected chi connectivity index (χ1v) is 18.9. The van der Waals surface area contributed by atoms with Gasteiger partial charge in [0.25, 0.3) is 0 Å². The molecule has 0 spiro atoms. The molecule has 57 heavy (non-hydrogen) atoms. The summed E-state index contributed by atoms with van der Waals surface area (Å²) in [6.45, 7) is 13.0. The second-order valence-electron chi connectivity index (χ2n) is 16.3. The molecule has 0 radical (unpaired) electrons. The zero-order valence-electron chi connectivity index (χ0n) is 32.8. The Bertz CT molecular complexity index is 2050. The summed E-state index contributed by atoms with van der Waals surface area (Å²) < 4.78 is 31.0. The number of hydrogen-bond donors (Lipinski definition) is 1. The lowest BCUT2D eigenvalue weighted by Gasteiger charge is -2.69. The lowest BCUT2D eigenvalue weighted by atomic mass is 9.38. The van der Waals surface area contributed by atoms with E-state index in [9.17, 15) is 33.9 Å². The molecule has 0 bridgehead atoms. The Morgan fingerprint density at radius 2 is 1.11 bits per heavy atom. The average Bonchev–Trinajstić information content (AvgIpc) is 3.18. The van der Waals surface area contributed by atoms with E-state index in [0.29, 0.717) is 0 Å². The molecular formula is C45H48O12. The van der Waals surface area contributed by atoms with Crippen LogP contribution in [0.2, 0.25) is 0 Å². The summed E-state index contributed by atoms with van der Waals surface area (Å²) in [6.07, 6.45) is -6.25. The number of hydrogen-bond acceptors (Lipinski definition) is 12. The number of ether oxygens (including phenoxy) is 5. The van der Waals surface area contributed by atoms with Crippen LogP contribution in [-0.4, -0.2) is 76.9 Å². The highest BCUT2D eigenvalue weighted by molar-refractivity contribution is 5.97. The lowest BCUT2D eigenvalue weighted by molar-refractivity contribution is -0.312. The van der Waals surface area contributed by atoms with Gasteiger partial charge in [0.1, 0.15) is 24.4 Å². The third-order valence-corrected chi connectivity index (χ3v) is 12.4. The largest absolute Gasteiger partial charge is 0.459 e. The number of carbonyl (C=O) groups is 6. The van der Waals surface area contributed by atoms with Gasteiger partial charge in [-0.1, -0.05) is 81.4 Å². The normalized spacial score (nSPS) is 32.6. The van der Waals surface area contributed by atoms with Crippen LogP contribution in [0.3, 0.4) is 0 Å². The summed E-state index contributed by atoms with van der Waals surface area (Å²) in [6, 6.07) is 24.4. The SMILES string of the molecule is C=C[C@@]1(C)C[C@@H](OC(=O)c2ccccc2)[C@H]2[C@](O)(C1=O)[C@H](OC(C)=O)C[C@H]1C(C)(C)[C@H](OC(=O)c3ccccc3)[C@H](OC(C)=O)[C@H](OC(=O)c3ccccc3)[C@@]12C. The fraction of sp³-hybridized carbons (Fsp3) is 0.422.